The summed E-state index contributed by atoms with van der Waals surface area (Å²) in [7, 11) is 0. The lowest BCUT2D eigenvalue weighted by Gasteiger charge is -2.17. The lowest BCUT2D eigenvalue weighted by Crippen LogP contribution is -2.37. The predicted molar refractivity (Wildman–Crippen MR) is 70.5 cm³/mol. The fourth-order valence-corrected chi connectivity index (χ4v) is 2.68. The molecule has 0 aliphatic heterocycles. The number of nitrogens with zero attached hydrogens (tertiary/aromatic N) is 2. The number of aryl methyl sites for hydroxylation is 1. The van der Waals surface area contributed by atoms with Crippen LogP contribution in [0.2, 0.25) is 0 Å². The summed E-state index contributed by atoms with van der Waals surface area (Å²) in [6.07, 6.45) is 5.54. The van der Waals surface area contributed by atoms with Gasteiger partial charge in [-0.1, -0.05) is 0 Å². The molecule has 18 heavy (non-hydrogen) atoms. The molecular formula is C14H21N3O. The average Bonchev–Trinajstić information content (AvgIpc) is 3.22. The molecule has 0 aromatic carbocycles. The van der Waals surface area contributed by atoms with Gasteiger partial charge in [-0.15, -0.1) is 0 Å². The largest absolute Gasteiger partial charge is 0.312 e. The molecule has 0 atom stereocenters. The summed E-state index contributed by atoms with van der Waals surface area (Å²) in [4.78, 5) is 11.6. The van der Waals surface area contributed by atoms with Crippen molar-refractivity contribution in [1.29, 1.82) is 0 Å². The van der Waals surface area contributed by atoms with Crippen LogP contribution in [-0.2, 0) is 6.54 Å². The minimum atomic E-state index is -0.00297. The molecule has 0 saturated heterocycles. The molecule has 4 heteroatoms. The van der Waals surface area contributed by atoms with E-state index in [9.17, 15) is 4.79 Å². The summed E-state index contributed by atoms with van der Waals surface area (Å²) < 4.78 is 1.57. The molecule has 3 rings (SSSR count). The molecule has 2 saturated carbocycles. The summed E-state index contributed by atoms with van der Waals surface area (Å²) in [5.41, 5.74) is 0.896. The van der Waals surface area contributed by atoms with E-state index >= 15 is 0 Å². The molecule has 98 valence electrons. The fourth-order valence-electron chi connectivity index (χ4n) is 2.68. The maximum Gasteiger partial charge on any atom is 0.266 e. The molecule has 0 amide bonds. The number of nitrogens with one attached hydrogen (secondary N) is 1. The van der Waals surface area contributed by atoms with Crippen LogP contribution in [-0.4, -0.2) is 22.4 Å². The Labute approximate surface area is 107 Å². The van der Waals surface area contributed by atoms with Crippen LogP contribution in [0.25, 0.3) is 0 Å². The van der Waals surface area contributed by atoms with E-state index in [1.165, 1.54) is 25.7 Å². The van der Waals surface area contributed by atoms with Gasteiger partial charge in [0.05, 0.1) is 12.2 Å². The van der Waals surface area contributed by atoms with Gasteiger partial charge in [-0.25, -0.2) is 4.68 Å². The zero-order valence-corrected chi connectivity index (χ0v) is 10.9. The van der Waals surface area contributed by atoms with Gasteiger partial charge in [-0.05, 0) is 50.5 Å². The number of aromatic nitrogens is 2. The Morgan fingerprint density at radius 2 is 2.00 bits per heavy atom. The van der Waals surface area contributed by atoms with Gasteiger partial charge in [-0.2, -0.15) is 5.10 Å². The van der Waals surface area contributed by atoms with Gasteiger partial charge < -0.3 is 5.32 Å². The molecule has 0 radical (unpaired) electrons. The Hall–Kier alpha value is -1.16. The Balaban J connectivity index is 1.54. The second kappa shape index (κ2) is 4.84. The second-order valence-electron chi connectivity index (χ2n) is 5.69. The van der Waals surface area contributed by atoms with Crippen LogP contribution in [0.5, 0.6) is 0 Å². The maximum atomic E-state index is 11.6. The first-order valence-corrected chi connectivity index (χ1v) is 7.02. The van der Waals surface area contributed by atoms with Gasteiger partial charge in [0.1, 0.15) is 0 Å². The van der Waals surface area contributed by atoms with Crippen LogP contribution < -0.4 is 10.9 Å². The highest BCUT2D eigenvalue weighted by atomic mass is 16.1. The Morgan fingerprint density at radius 3 is 2.61 bits per heavy atom. The van der Waals surface area contributed by atoms with E-state index in [2.05, 4.69) is 10.4 Å². The van der Waals surface area contributed by atoms with Crippen molar-refractivity contribution in [2.45, 2.75) is 45.2 Å². The highest BCUT2D eigenvalue weighted by molar-refractivity contribution is 4.98. The Morgan fingerprint density at radius 1 is 1.33 bits per heavy atom. The van der Waals surface area contributed by atoms with Crippen LogP contribution in [0.3, 0.4) is 0 Å². The van der Waals surface area contributed by atoms with E-state index in [0.29, 0.717) is 12.6 Å². The van der Waals surface area contributed by atoms with E-state index in [0.717, 1.165) is 24.1 Å². The molecule has 1 aromatic heterocycles. The van der Waals surface area contributed by atoms with Crippen molar-refractivity contribution in [2.24, 2.45) is 11.8 Å². The van der Waals surface area contributed by atoms with Crippen molar-refractivity contribution in [3.8, 4) is 0 Å². The quantitative estimate of drug-likeness (QED) is 0.825. The average molecular weight is 247 g/mol. The van der Waals surface area contributed by atoms with E-state index in [1.54, 1.807) is 16.8 Å². The van der Waals surface area contributed by atoms with Crippen molar-refractivity contribution in [3.05, 3.63) is 28.2 Å². The number of hydrogen-bond donors (Lipinski definition) is 1. The first-order valence-electron chi connectivity index (χ1n) is 7.02. The number of rotatable bonds is 6. The minimum Gasteiger partial charge on any atom is -0.312 e. The summed E-state index contributed by atoms with van der Waals surface area (Å²) in [6, 6.07) is 4.07. The van der Waals surface area contributed by atoms with Crippen molar-refractivity contribution >= 4 is 0 Å². The van der Waals surface area contributed by atoms with Crippen molar-refractivity contribution in [1.82, 2.24) is 15.1 Å². The predicted octanol–water partition coefficient (Wildman–Crippen LogP) is 1.33. The van der Waals surface area contributed by atoms with Gasteiger partial charge in [0.2, 0.25) is 0 Å². The highest BCUT2D eigenvalue weighted by Gasteiger charge is 2.40. The normalized spacial score (nSPS) is 19.4. The van der Waals surface area contributed by atoms with Crippen molar-refractivity contribution in [2.75, 3.05) is 6.54 Å². The fraction of sp³-hybridized carbons (Fsp3) is 0.714. The van der Waals surface area contributed by atoms with E-state index in [-0.39, 0.29) is 5.56 Å². The first-order chi connectivity index (χ1) is 8.74. The van der Waals surface area contributed by atoms with Crippen LogP contribution in [0.1, 0.15) is 31.4 Å². The molecule has 4 nitrogen and oxygen atoms in total. The maximum absolute atomic E-state index is 11.6. The summed E-state index contributed by atoms with van der Waals surface area (Å²) in [5.74, 6) is 1.80. The minimum absolute atomic E-state index is 0.00297. The molecule has 0 bridgehead atoms. The van der Waals surface area contributed by atoms with E-state index in [1.807, 2.05) is 6.92 Å². The summed E-state index contributed by atoms with van der Waals surface area (Å²) in [5, 5.41) is 7.89. The molecule has 1 aromatic rings. The van der Waals surface area contributed by atoms with E-state index < -0.39 is 0 Å². The topological polar surface area (TPSA) is 46.9 Å². The third kappa shape index (κ3) is 2.80. The van der Waals surface area contributed by atoms with E-state index in [4.69, 9.17) is 0 Å². The SMILES string of the molecule is Cc1ccc(=O)n(CCNC(C2CC2)C2CC2)n1. The smallest absolute Gasteiger partial charge is 0.266 e. The summed E-state index contributed by atoms with van der Waals surface area (Å²) in [6.45, 7) is 3.45. The van der Waals surface area contributed by atoms with Gasteiger partial charge in [0.15, 0.2) is 0 Å². The lowest BCUT2D eigenvalue weighted by molar-refractivity contribution is 0.396. The van der Waals surface area contributed by atoms with Gasteiger partial charge in [-0.3, -0.25) is 4.79 Å². The zero-order valence-electron chi connectivity index (χ0n) is 10.9. The molecule has 2 fully saturated rings. The molecular weight excluding hydrogens is 226 g/mol. The second-order valence-corrected chi connectivity index (χ2v) is 5.69. The zero-order chi connectivity index (χ0) is 12.5. The number of hydrogen-bond acceptors (Lipinski definition) is 3. The third-order valence-corrected chi connectivity index (χ3v) is 3.96. The van der Waals surface area contributed by atoms with Gasteiger partial charge in [0, 0.05) is 18.7 Å². The molecule has 1 N–H and O–H groups in total. The Bertz CT molecular complexity index is 462. The van der Waals surface area contributed by atoms with Crippen molar-refractivity contribution in [3.63, 3.8) is 0 Å². The Kier molecular flexibility index (Phi) is 3.20. The van der Waals surface area contributed by atoms with Crippen molar-refractivity contribution < 1.29 is 0 Å². The van der Waals surface area contributed by atoms with Crippen LogP contribution in [0.4, 0.5) is 0 Å². The third-order valence-electron chi connectivity index (χ3n) is 3.96. The van der Waals surface area contributed by atoms with Crippen LogP contribution >= 0.6 is 0 Å². The van der Waals surface area contributed by atoms with Crippen LogP contribution in [0.15, 0.2) is 16.9 Å². The molecule has 2 aliphatic carbocycles. The van der Waals surface area contributed by atoms with Gasteiger partial charge >= 0.3 is 0 Å². The molecule has 2 aliphatic rings. The summed E-state index contributed by atoms with van der Waals surface area (Å²) >= 11 is 0. The monoisotopic (exact) mass is 247 g/mol. The standard InChI is InChI=1S/C14H21N3O/c1-10-2-7-13(18)17(16-10)9-8-15-14(11-3-4-11)12-5-6-12/h2,7,11-12,14-15H,3-6,8-9H2,1H3. The molecule has 0 spiro atoms. The van der Waals surface area contributed by atoms with Crippen LogP contribution in [0, 0.1) is 18.8 Å². The van der Waals surface area contributed by atoms with Gasteiger partial charge in [0.25, 0.3) is 5.56 Å². The molecule has 1 heterocycles. The lowest BCUT2D eigenvalue weighted by atomic mass is 10.1. The molecule has 0 unspecified atom stereocenters. The first kappa shape index (κ1) is 11.9. The highest BCUT2D eigenvalue weighted by Crippen LogP contribution is 2.44.